The number of anilines is 1. The Morgan fingerprint density at radius 3 is 2.50 bits per heavy atom. The van der Waals surface area contributed by atoms with Crippen LogP contribution in [-0.2, 0) is 10.0 Å². The Morgan fingerprint density at radius 2 is 1.85 bits per heavy atom. The number of rotatable bonds is 3. The van der Waals surface area contributed by atoms with Crippen LogP contribution in [0.5, 0.6) is 0 Å². The lowest BCUT2D eigenvalue weighted by atomic mass is 10.3. The lowest BCUT2D eigenvalue weighted by Gasteiger charge is -2.10. The summed E-state index contributed by atoms with van der Waals surface area (Å²) >= 11 is 20.6. The molecule has 0 saturated carbocycles. The molecule has 106 valence electrons. The van der Waals surface area contributed by atoms with Crippen LogP contribution >= 0.6 is 50.7 Å². The standard InChI is InChI=1S/C11H6BrCl3N2O2S/c12-8-4-7(5-16-11(8)15)20(18,19)17-10-3-6(13)1-2-9(10)14/h1-5,17H. The van der Waals surface area contributed by atoms with Crippen molar-refractivity contribution in [3.05, 3.63) is 50.1 Å². The maximum atomic E-state index is 12.2. The fourth-order valence-electron chi connectivity index (χ4n) is 1.33. The Kier molecular flexibility index (Phi) is 4.81. The van der Waals surface area contributed by atoms with Crippen molar-refractivity contribution < 1.29 is 8.42 Å². The van der Waals surface area contributed by atoms with Crippen molar-refractivity contribution in [2.75, 3.05) is 4.72 Å². The molecule has 1 aromatic carbocycles. The summed E-state index contributed by atoms with van der Waals surface area (Å²) in [6.07, 6.45) is 1.15. The second-order valence-corrected chi connectivity index (χ2v) is 7.41. The Bertz CT molecular complexity index is 768. The van der Waals surface area contributed by atoms with Gasteiger partial charge in [-0.3, -0.25) is 4.72 Å². The van der Waals surface area contributed by atoms with E-state index in [1.54, 1.807) is 6.07 Å². The van der Waals surface area contributed by atoms with E-state index in [-0.39, 0.29) is 20.8 Å². The van der Waals surface area contributed by atoms with Gasteiger partial charge in [0.15, 0.2) is 0 Å². The maximum Gasteiger partial charge on any atom is 0.263 e. The Hall–Kier alpha value is -0.530. The van der Waals surface area contributed by atoms with E-state index in [1.807, 2.05) is 0 Å². The molecule has 2 rings (SSSR count). The molecule has 0 saturated heterocycles. The molecule has 20 heavy (non-hydrogen) atoms. The lowest BCUT2D eigenvalue weighted by Crippen LogP contribution is -2.13. The first-order chi connectivity index (χ1) is 9.29. The number of hydrogen-bond donors (Lipinski definition) is 1. The van der Waals surface area contributed by atoms with Crippen LogP contribution in [-0.4, -0.2) is 13.4 Å². The van der Waals surface area contributed by atoms with Crippen LogP contribution in [0, 0.1) is 0 Å². The molecule has 0 atom stereocenters. The molecule has 1 heterocycles. The fraction of sp³-hybridized carbons (Fsp3) is 0. The normalized spacial score (nSPS) is 11.4. The van der Waals surface area contributed by atoms with E-state index in [0.29, 0.717) is 9.50 Å². The minimum absolute atomic E-state index is 0.0511. The van der Waals surface area contributed by atoms with E-state index < -0.39 is 10.0 Å². The number of benzene rings is 1. The second-order valence-electron chi connectivity index (χ2n) is 3.67. The smallest absolute Gasteiger partial charge is 0.263 e. The average molecular weight is 417 g/mol. The summed E-state index contributed by atoms with van der Waals surface area (Å²) in [5, 5.41) is 0.770. The fourth-order valence-corrected chi connectivity index (χ4v) is 3.37. The summed E-state index contributed by atoms with van der Waals surface area (Å²) in [5.74, 6) is 0. The summed E-state index contributed by atoms with van der Waals surface area (Å²) in [5.41, 5.74) is 0.185. The van der Waals surface area contributed by atoms with Crippen molar-refractivity contribution in [3.63, 3.8) is 0 Å². The van der Waals surface area contributed by atoms with Crippen LogP contribution in [0.2, 0.25) is 15.2 Å². The zero-order chi connectivity index (χ0) is 14.9. The molecule has 0 bridgehead atoms. The number of aromatic nitrogens is 1. The zero-order valence-electron chi connectivity index (χ0n) is 9.57. The molecule has 0 radical (unpaired) electrons. The van der Waals surface area contributed by atoms with Gasteiger partial charge in [0.05, 0.1) is 15.2 Å². The Morgan fingerprint density at radius 1 is 1.15 bits per heavy atom. The number of halogens is 4. The summed E-state index contributed by atoms with van der Waals surface area (Å²) < 4.78 is 27.1. The van der Waals surface area contributed by atoms with Crippen LogP contribution in [0.15, 0.2) is 39.8 Å². The van der Waals surface area contributed by atoms with Gasteiger partial charge in [-0.05, 0) is 40.2 Å². The highest BCUT2D eigenvalue weighted by molar-refractivity contribution is 9.10. The van der Waals surface area contributed by atoms with Gasteiger partial charge < -0.3 is 0 Å². The Labute approximate surface area is 139 Å². The van der Waals surface area contributed by atoms with Gasteiger partial charge in [-0.1, -0.05) is 34.8 Å². The average Bonchev–Trinajstić information content (AvgIpc) is 2.36. The van der Waals surface area contributed by atoms with Crippen molar-refractivity contribution in [2.24, 2.45) is 0 Å². The predicted octanol–water partition coefficient (Wildman–Crippen LogP) is 4.61. The lowest BCUT2D eigenvalue weighted by molar-refractivity contribution is 0.600. The number of sulfonamides is 1. The third-order valence-electron chi connectivity index (χ3n) is 2.25. The maximum absolute atomic E-state index is 12.2. The third-order valence-corrected chi connectivity index (χ3v) is 5.29. The molecule has 1 N–H and O–H groups in total. The van der Waals surface area contributed by atoms with Crippen molar-refractivity contribution in [3.8, 4) is 0 Å². The first-order valence-electron chi connectivity index (χ1n) is 5.08. The summed E-state index contributed by atoms with van der Waals surface area (Å²) in [4.78, 5) is 3.72. The van der Waals surface area contributed by atoms with E-state index in [0.717, 1.165) is 6.20 Å². The van der Waals surface area contributed by atoms with E-state index in [1.165, 1.54) is 18.2 Å². The molecule has 9 heteroatoms. The highest BCUT2D eigenvalue weighted by Gasteiger charge is 2.18. The molecule has 0 spiro atoms. The van der Waals surface area contributed by atoms with E-state index in [4.69, 9.17) is 34.8 Å². The van der Waals surface area contributed by atoms with E-state index >= 15 is 0 Å². The van der Waals surface area contributed by atoms with Gasteiger partial charge >= 0.3 is 0 Å². The monoisotopic (exact) mass is 414 g/mol. The minimum atomic E-state index is -3.84. The number of hydrogen-bond acceptors (Lipinski definition) is 3. The summed E-state index contributed by atoms with van der Waals surface area (Å²) in [6.45, 7) is 0. The van der Waals surface area contributed by atoms with E-state index in [9.17, 15) is 8.42 Å². The van der Waals surface area contributed by atoms with E-state index in [2.05, 4.69) is 25.6 Å². The Balaban J connectivity index is 2.40. The van der Waals surface area contributed by atoms with Crippen LogP contribution in [0.25, 0.3) is 0 Å². The van der Waals surface area contributed by atoms with Crippen LogP contribution in [0.4, 0.5) is 5.69 Å². The van der Waals surface area contributed by atoms with Crippen molar-refractivity contribution in [1.82, 2.24) is 4.98 Å². The molecule has 0 aliphatic carbocycles. The summed E-state index contributed by atoms with van der Waals surface area (Å²) in [6, 6.07) is 5.82. The first kappa shape index (κ1) is 15.9. The molecule has 2 aromatic rings. The second kappa shape index (κ2) is 6.07. The number of nitrogens with one attached hydrogen (secondary N) is 1. The molecule has 0 fully saturated rings. The van der Waals surface area contributed by atoms with Gasteiger partial charge in [-0.2, -0.15) is 0 Å². The van der Waals surface area contributed by atoms with Gasteiger partial charge in [0.25, 0.3) is 10.0 Å². The molecular weight excluding hydrogens is 410 g/mol. The quantitative estimate of drug-likeness (QED) is 0.744. The van der Waals surface area contributed by atoms with Crippen molar-refractivity contribution in [1.29, 1.82) is 0 Å². The molecule has 0 aliphatic rings. The molecule has 0 unspecified atom stereocenters. The number of nitrogens with zero attached hydrogens (tertiary/aromatic N) is 1. The summed E-state index contributed by atoms with van der Waals surface area (Å²) in [7, 11) is -3.84. The first-order valence-corrected chi connectivity index (χ1v) is 8.49. The van der Waals surface area contributed by atoms with Crippen LogP contribution in [0.3, 0.4) is 0 Å². The van der Waals surface area contributed by atoms with Gasteiger partial charge in [-0.15, -0.1) is 0 Å². The van der Waals surface area contributed by atoms with Gasteiger partial charge in [0, 0.05) is 11.2 Å². The predicted molar refractivity (Wildman–Crippen MR) is 84.2 cm³/mol. The molecule has 0 amide bonds. The SMILES string of the molecule is O=S(=O)(Nc1cc(Cl)ccc1Cl)c1cnc(Cl)c(Br)c1. The van der Waals surface area contributed by atoms with Crippen LogP contribution < -0.4 is 4.72 Å². The molecule has 0 aliphatic heterocycles. The third kappa shape index (κ3) is 3.56. The van der Waals surface area contributed by atoms with Crippen molar-refractivity contribution in [2.45, 2.75) is 4.90 Å². The largest absolute Gasteiger partial charge is 0.278 e. The van der Waals surface area contributed by atoms with Gasteiger partial charge in [-0.25, -0.2) is 13.4 Å². The van der Waals surface area contributed by atoms with Gasteiger partial charge in [0.1, 0.15) is 10.0 Å². The van der Waals surface area contributed by atoms with Crippen LogP contribution in [0.1, 0.15) is 0 Å². The zero-order valence-corrected chi connectivity index (χ0v) is 14.2. The van der Waals surface area contributed by atoms with Crippen molar-refractivity contribution >= 4 is 66.4 Å². The molecule has 4 nitrogen and oxygen atoms in total. The topological polar surface area (TPSA) is 59.1 Å². The number of pyridine rings is 1. The minimum Gasteiger partial charge on any atom is -0.278 e. The highest BCUT2D eigenvalue weighted by atomic mass is 79.9. The molecule has 1 aromatic heterocycles. The van der Waals surface area contributed by atoms with Gasteiger partial charge in [0.2, 0.25) is 0 Å². The highest BCUT2D eigenvalue weighted by Crippen LogP contribution is 2.29. The molecular formula is C11H6BrCl3N2O2S.